The number of primary amides is 1. The Kier molecular flexibility index (Phi) is 11.1. The van der Waals surface area contributed by atoms with Crippen LogP contribution in [0.5, 0.6) is 0 Å². The molecule has 0 aromatic carbocycles. The molecule has 0 fully saturated rings. The molecular weight excluding hydrogens is 310 g/mol. The Hall–Kier alpha value is -2.10. The van der Waals surface area contributed by atoms with Gasteiger partial charge in [0.25, 0.3) is 5.91 Å². The second-order valence-corrected chi connectivity index (χ2v) is 6.31. The fourth-order valence-electron chi connectivity index (χ4n) is 2.61. The second-order valence-electron chi connectivity index (χ2n) is 6.31. The van der Waals surface area contributed by atoms with Crippen molar-refractivity contribution in [2.75, 3.05) is 0 Å². The SMILES string of the molecule is CC=CC=C(C=CCCCCCCCCCC)n1cnc(C(N)=O)c1. The van der Waals surface area contributed by atoms with E-state index < -0.39 is 5.91 Å². The number of carbonyl (C=O) groups is 1. The van der Waals surface area contributed by atoms with E-state index in [0.717, 1.165) is 12.1 Å². The third-order valence-electron chi connectivity index (χ3n) is 4.11. The summed E-state index contributed by atoms with van der Waals surface area (Å²) < 4.78 is 1.82. The third-order valence-corrected chi connectivity index (χ3v) is 4.11. The molecule has 2 N–H and O–H groups in total. The molecule has 138 valence electrons. The molecule has 0 saturated heterocycles. The Morgan fingerprint density at radius 1 is 1.16 bits per heavy atom. The summed E-state index contributed by atoms with van der Waals surface area (Å²) in [5, 5.41) is 0. The Morgan fingerprint density at radius 3 is 2.44 bits per heavy atom. The molecular formula is C21H33N3O. The molecule has 1 amide bonds. The molecule has 0 aliphatic carbocycles. The van der Waals surface area contributed by atoms with Crippen molar-refractivity contribution in [3.05, 3.63) is 48.6 Å². The number of rotatable bonds is 13. The summed E-state index contributed by atoms with van der Waals surface area (Å²) in [6.45, 7) is 4.23. The Morgan fingerprint density at radius 2 is 1.84 bits per heavy atom. The highest BCUT2D eigenvalue weighted by Crippen LogP contribution is 2.12. The Labute approximate surface area is 152 Å². The molecule has 0 saturated carbocycles. The summed E-state index contributed by atoms with van der Waals surface area (Å²) in [6, 6.07) is 0. The zero-order valence-electron chi connectivity index (χ0n) is 15.8. The lowest BCUT2D eigenvalue weighted by Gasteiger charge is -2.02. The molecule has 1 aromatic rings. The average Bonchev–Trinajstić information content (AvgIpc) is 3.09. The van der Waals surface area contributed by atoms with E-state index in [4.69, 9.17) is 5.73 Å². The molecule has 1 heterocycles. The number of hydrogen-bond acceptors (Lipinski definition) is 2. The molecule has 0 aliphatic heterocycles. The lowest BCUT2D eigenvalue weighted by Crippen LogP contribution is -2.11. The highest BCUT2D eigenvalue weighted by molar-refractivity contribution is 5.90. The molecule has 0 unspecified atom stereocenters. The van der Waals surface area contributed by atoms with Crippen LogP contribution in [0.2, 0.25) is 0 Å². The van der Waals surface area contributed by atoms with Crippen LogP contribution in [0.3, 0.4) is 0 Å². The van der Waals surface area contributed by atoms with Crippen LogP contribution in [-0.2, 0) is 0 Å². The van der Waals surface area contributed by atoms with Gasteiger partial charge in [0.05, 0.1) is 0 Å². The molecule has 0 spiro atoms. The summed E-state index contributed by atoms with van der Waals surface area (Å²) in [7, 11) is 0. The van der Waals surface area contributed by atoms with E-state index in [1.54, 1.807) is 12.5 Å². The lowest BCUT2D eigenvalue weighted by molar-refractivity contribution is 0.0996. The van der Waals surface area contributed by atoms with Crippen LogP contribution in [-0.4, -0.2) is 15.5 Å². The van der Waals surface area contributed by atoms with Crippen LogP contribution >= 0.6 is 0 Å². The minimum absolute atomic E-state index is 0.280. The summed E-state index contributed by atoms with van der Waals surface area (Å²) >= 11 is 0. The fraction of sp³-hybridized carbons (Fsp3) is 0.524. The zero-order chi connectivity index (χ0) is 18.3. The molecule has 25 heavy (non-hydrogen) atoms. The standard InChI is InChI=1S/C21H33N3O/c1-3-5-7-8-9-10-11-12-13-14-16-19(15-6-4-2)24-17-20(21(22)25)23-18-24/h4,6,14-18H,3,5,7-13H2,1-2H3,(H2,22,25). The van der Waals surface area contributed by atoms with Gasteiger partial charge >= 0.3 is 0 Å². The van der Waals surface area contributed by atoms with Gasteiger partial charge in [-0.2, -0.15) is 0 Å². The van der Waals surface area contributed by atoms with Gasteiger partial charge in [0.1, 0.15) is 12.0 Å². The van der Waals surface area contributed by atoms with Crippen molar-refractivity contribution in [1.82, 2.24) is 9.55 Å². The topological polar surface area (TPSA) is 60.9 Å². The second kappa shape index (κ2) is 13.2. The molecule has 0 atom stereocenters. The monoisotopic (exact) mass is 343 g/mol. The van der Waals surface area contributed by atoms with Gasteiger partial charge in [0.2, 0.25) is 0 Å². The van der Waals surface area contributed by atoms with Crippen LogP contribution in [0, 0.1) is 0 Å². The maximum Gasteiger partial charge on any atom is 0.268 e. The highest BCUT2D eigenvalue weighted by Gasteiger charge is 2.05. The van der Waals surface area contributed by atoms with E-state index in [2.05, 4.69) is 24.1 Å². The first-order valence-electron chi connectivity index (χ1n) is 9.52. The third kappa shape index (κ3) is 9.08. The summed E-state index contributed by atoms with van der Waals surface area (Å²) in [4.78, 5) is 15.2. The van der Waals surface area contributed by atoms with E-state index in [1.807, 2.05) is 29.7 Å². The van der Waals surface area contributed by atoms with Crippen molar-refractivity contribution in [3.8, 4) is 0 Å². The molecule has 1 aromatic heterocycles. The zero-order valence-corrected chi connectivity index (χ0v) is 15.8. The first-order chi connectivity index (χ1) is 12.2. The van der Waals surface area contributed by atoms with Crippen LogP contribution in [0.15, 0.2) is 42.9 Å². The summed E-state index contributed by atoms with van der Waals surface area (Å²) in [5.74, 6) is -0.507. The first-order valence-corrected chi connectivity index (χ1v) is 9.52. The minimum Gasteiger partial charge on any atom is -0.364 e. The van der Waals surface area contributed by atoms with Crippen molar-refractivity contribution >= 4 is 11.6 Å². The van der Waals surface area contributed by atoms with Crippen molar-refractivity contribution in [3.63, 3.8) is 0 Å². The summed E-state index contributed by atoms with van der Waals surface area (Å²) in [6.07, 6.45) is 25.2. The predicted molar refractivity (Wildman–Crippen MR) is 106 cm³/mol. The number of unbranched alkanes of at least 4 members (excludes halogenated alkanes) is 8. The van der Waals surface area contributed by atoms with Gasteiger partial charge in [-0.25, -0.2) is 4.98 Å². The fourth-order valence-corrected chi connectivity index (χ4v) is 2.61. The van der Waals surface area contributed by atoms with Gasteiger partial charge in [-0.05, 0) is 31.9 Å². The Bertz CT molecular complexity index is 582. The number of imidazole rings is 1. The van der Waals surface area contributed by atoms with Gasteiger partial charge in [0, 0.05) is 11.9 Å². The van der Waals surface area contributed by atoms with E-state index in [0.29, 0.717) is 0 Å². The van der Waals surface area contributed by atoms with E-state index in [1.165, 1.54) is 51.4 Å². The normalized spacial score (nSPS) is 12.5. The molecule has 0 radical (unpaired) electrons. The minimum atomic E-state index is -0.507. The van der Waals surface area contributed by atoms with Crippen LogP contribution in [0.25, 0.3) is 5.70 Å². The maximum absolute atomic E-state index is 11.2. The largest absolute Gasteiger partial charge is 0.364 e. The van der Waals surface area contributed by atoms with E-state index in [-0.39, 0.29) is 5.69 Å². The van der Waals surface area contributed by atoms with Gasteiger partial charge in [0.15, 0.2) is 0 Å². The molecule has 1 rings (SSSR count). The van der Waals surface area contributed by atoms with Gasteiger partial charge in [-0.3, -0.25) is 4.79 Å². The van der Waals surface area contributed by atoms with E-state index >= 15 is 0 Å². The molecule has 4 heteroatoms. The maximum atomic E-state index is 11.2. The van der Waals surface area contributed by atoms with Crippen molar-refractivity contribution in [1.29, 1.82) is 0 Å². The molecule has 0 aliphatic rings. The van der Waals surface area contributed by atoms with Crippen molar-refractivity contribution in [2.45, 2.75) is 71.6 Å². The number of nitrogens with two attached hydrogens (primary N) is 1. The Balaban J connectivity index is 2.40. The van der Waals surface area contributed by atoms with Gasteiger partial charge in [-0.15, -0.1) is 0 Å². The first kappa shape index (κ1) is 20.9. The number of allylic oxidation sites excluding steroid dienone is 6. The number of nitrogens with zero attached hydrogens (tertiary/aromatic N) is 2. The van der Waals surface area contributed by atoms with Crippen LogP contribution in [0.4, 0.5) is 0 Å². The number of amides is 1. The number of hydrogen-bond donors (Lipinski definition) is 1. The quantitative estimate of drug-likeness (QED) is 0.380. The van der Waals surface area contributed by atoms with Crippen molar-refractivity contribution < 1.29 is 4.79 Å². The van der Waals surface area contributed by atoms with Gasteiger partial charge in [-0.1, -0.05) is 70.1 Å². The molecule has 4 nitrogen and oxygen atoms in total. The molecule has 0 bridgehead atoms. The average molecular weight is 344 g/mol. The van der Waals surface area contributed by atoms with Crippen LogP contribution < -0.4 is 5.73 Å². The lowest BCUT2D eigenvalue weighted by atomic mass is 10.1. The highest BCUT2D eigenvalue weighted by atomic mass is 16.1. The van der Waals surface area contributed by atoms with Crippen LogP contribution in [0.1, 0.15) is 82.1 Å². The number of aromatic nitrogens is 2. The van der Waals surface area contributed by atoms with E-state index in [9.17, 15) is 4.79 Å². The van der Waals surface area contributed by atoms with Crippen molar-refractivity contribution in [2.24, 2.45) is 5.73 Å². The summed E-state index contributed by atoms with van der Waals surface area (Å²) in [5.41, 5.74) is 6.52. The number of carbonyl (C=O) groups excluding carboxylic acids is 1. The van der Waals surface area contributed by atoms with Gasteiger partial charge < -0.3 is 10.3 Å². The predicted octanol–water partition coefficient (Wildman–Crippen LogP) is 5.49. The smallest absolute Gasteiger partial charge is 0.268 e.